The van der Waals surface area contributed by atoms with Gasteiger partial charge in [0.1, 0.15) is 11.5 Å². The summed E-state index contributed by atoms with van der Waals surface area (Å²) in [7, 11) is 0. The monoisotopic (exact) mass is 290 g/mol. The molecule has 112 valence electrons. The summed E-state index contributed by atoms with van der Waals surface area (Å²) in [6, 6.07) is 3.30. The second kappa shape index (κ2) is 6.30. The molecule has 2 heterocycles. The van der Waals surface area contributed by atoms with Crippen molar-refractivity contribution in [3.05, 3.63) is 30.0 Å². The summed E-state index contributed by atoms with van der Waals surface area (Å²) < 4.78 is 18.3. The Balaban J connectivity index is 1.81. The van der Waals surface area contributed by atoms with Crippen LogP contribution in [0.2, 0.25) is 0 Å². The molecule has 1 aliphatic rings. The van der Waals surface area contributed by atoms with Crippen LogP contribution in [0.25, 0.3) is 11.5 Å². The normalized spacial score (nSPS) is 22.4. The molecule has 5 nitrogen and oxygen atoms in total. The summed E-state index contributed by atoms with van der Waals surface area (Å²) >= 11 is 0. The summed E-state index contributed by atoms with van der Waals surface area (Å²) in [5, 5.41) is 7.48. The van der Waals surface area contributed by atoms with Gasteiger partial charge in [-0.2, -0.15) is 4.98 Å². The highest BCUT2D eigenvalue weighted by Gasteiger charge is 2.30. The van der Waals surface area contributed by atoms with Gasteiger partial charge in [-0.05, 0) is 31.5 Å². The average Bonchev–Trinajstić information content (AvgIpc) is 2.99. The maximum atomic E-state index is 12.9. The zero-order valence-electron chi connectivity index (χ0n) is 12.1. The smallest absolute Gasteiger partial charge is 0.231 e. The van der Waals surface area contributed by atoms with Gasteiger partial charge in [-0.25, -0.2) is 9.37 Å². The van der Waals surface area contributed by atoms with Crippen molar-refractivity contribution in [1.29, 1.82) is 0 Å². The maximum absolute atomic E-state index is 12.9. The van der Waals surface area contributed by atoms with Gasteiger partial charge < -0.3 is 9.84 Å². The van der Waals surface area contributed by atoms with Gasteiger partial charge in [0.15, 0.2) is 0 Å². The highest BCUT2D eigenvalue weighted by molar-refractivity contribution is 5.47. The van der Waals surface area contributed by atoms with Crippen molar-refractivity contribution in [3.8, 4) is 11.5 Å². The molecule has 2 unspecified atom stereocenters. The molecule has 2 atom stereocenters. The first-order chi connectivity index (χ1) is 10.3. The van der Waals surface area contributed by atoms with E-state index in [1.165, 1.54) is 18.9 Å². The Hall–Kier alpha value is -1.82. The van der Waals surface area contributed by atoms with Crippen molar-refractivity contribution in [1.82, 2.24) is 20.4 Å². The fourth-order valence-corrected chi connectivity index (χ4v) is 2.93. The molecule has 0 aromatic carbocycles. The van der Waals surface area contributed by atoms with E-state index < -0.39 is 0 Å². The Kier molecular flexibility index (Phi) is 4.24. The molecule has 1 saturated carbocycles. The quantitative estimate of drug-likeness (QED) is 0.938. The molecular formula is C15H19FN4O. The fraction of sp³-hybridized carbons (Fsp3) is 0.533. The van der Waals surface area contributed by atoms with Gasteiger partial charge in [0.25, 0.3) is 0 Å². The minimum atomic E-state index is -0.373. The molecule has 0 amide bonds. The first kappa shape index (κ1) is 14.1. The standard InChI is InChI=1S/C15H19FN4O/c1-2-17-12-6-4-3-5-11(12)15-19-14(20-21-15)13-8-7-10(16)9-18-13/h7-9,11-12,17H,2-6H2,1H3. The van der Waals surface area contributed by atoms with Crippen LogP contribution in [-0.4, -0.2) is 27.7 Å². The molecule has 0 aliphatic heterocycles. The molecule has 1 N–H and O–H groups in total. The zero-order chi connectivity index (χ0) is 14.7. The summed E-state index contributed by atoms with van der Waals surface area (Å²) in [6.45, 7) is 3.04. The van der Waals surface area contributed by atoms with Crippen molar-refractivity contribution in [2.45, 2.75) is 44.6 Å². The van der Waals surface area contributed by atoms with Gasteiger partial charge >= 0.3 is 0 Å². The Morgan fingerprint density at radius 2 is 2.19 bits per heavy atom. The average molecular weight is 290 g/mol. The third-order valence-corrected chi connectivity index (χ3v) is 3.95. The first-order valence-corrected chi connectivity index (χ1v) is 7.47. The van der Waals surface area contributed by atoms with Crippen molar-refractivity contribution >= 4 is 0 Å². The topological polar surface area (TPSA) is 63.8 Å². The van der Waals surface area contributed by atoms with Gasteiger partial charge in [0.05, 0.1) is 12.1 Å². The second-order valence-corrected chi connectivity index (χ2v) is 5.37. The van der Waals surface area contributed by atoms with Crippen molar-refractivity contribution in [2.75, 3.05) is 6.54 Å². The molecule has 6 heteroatoms. The van der Waals surface area contributed by atoms with Crippen molar-refractivity contribution < 1.29 is 8.91 Å². The molecule has 0 bridgehead atoms. The van der Waals surface area contributed by atoms with E-state index in [0.29, 0.717) is 23.5 Å². The minimum Gasteiger partial charge on any atom is -0.339 e. The summed E-state index contributed by atoms with van der Waals surface area (Å²) in [5.74, 6) is 0.954. The van der Waals surface area contributed by atoms with Crippen LogP contribution in [0.5, 0.6) is 0 Å². The molecule has 0 spiro atoms. The SMILES string of the molecule is CCNC1CCCCC1c1nc(-c2ccc(F)cn2)no1. The lowest BCUT2D eigenvalue weighted by atomic mass is 9.84. The van der Waals surface area contributed by atoms with Crippen LogP contribution in [0.15, 0.2) is 22.9 Å². The Bertz CT molecular complexity index is 582. The lowest BCUT2D eigenvalue weighted by molar-refractivity contribution is 0.265. The Morgan fingerprint density at radius 1 is 1.33 bits per heavy atom. The van der Waals surface area contributed by atoms with Crippen LogP contribution in [0.4, 0.5) is 4.39 Å². The summed E-state index contributed by atoms with van der Waals surface area (Å²) in [6.07, 6.45) is 5.75. The van der Waals surface area contributed by atoms with Gasteiger partial charge in [0, 0.05) is 6.04 Å². The number of hydrogen-bond donors (Lipinski definition) is 1. The van der Waals surface area contributed by atoms with Crippen LogP contribution >= 0.6 is 0 Å². The Morgan fingerprint density at radius 3 is 2.95 bits per heavy atom. The second-order valence-electron chi connectivity index (χ2n) is 5.37. The Labute approximate surface area is 123 Å². The van der Waals surface area contributed by atoms with Crippen LogP contribution in [0.3, 0.4) is 0 Å². The highest BCUT2D eigenvalue weighted by atomic mass is 19.1. The predicted molar refractivity (Wildman–Crippen MR) is 76.2 cm³/mol. The number of rotatable bonds is 4. The van der Waals surface area contributed by atoms with E-state index in [4.69, 9.17) is 4.52 Å². The first-order valence-electron chi connectivity index (χ1n) is 7.47. The number of hydrogen-bond acceptors (Lipinski definition) is 5. The van der Waals surface area contributed by atoms with Crippen LogP contribution < -0.4 is 5.32 Å². The van der Waals surface area contributed by atoms with E-state index in [2.05, 4.69) is 27.4 Å². The molecule has 0 saturated heterocycles. The number of pyridine rings is 1. The number of nitrogens with one attached hydrogen (secondary N) is 1. The maximum Gasteiger partial charge on any atom is 0.231 e. The molecular weight excluding hydrogens is 271 g/mol. The van der Waals surface area contributed by atoms with E-state index in [-0.39, 0.29) is 11.7 Å². The van der Waals surface area contributed by atoms with Gasteiger partial charge in [-0.15, -0.1) is 0 Å². The lowest BCUT2D eigenvalue weighted by Gasteiger charge is -2.29. The van der Waals surface area contributed by atoms with E-state index in [1.54, 1.807) is 6.07 Å². The predicted octanol–water partition coefficient (Wildman–Crippen LogP) is 2.91. The molecule has 1 fully saturated rings. The summed E-state index contributed by atoms with van der Waals surface area (Å²) in [4.78, 5) is 8.45. The number of aromatic nitrogens is 3. The van der Waals surface area contributed by atoms with E-state index in [9.17, 15) is 4.39 Å². The molecule has 2 aromatic heterocycles. The summed E-state index contributed by atoms with van der Waals surface area (Å²) in [5.41, 5.74) is 0.530. The third kappa shape index (κ3) is 3.10. The van der Waals surface area contributed by atoms with E-state index in [1.807, 2.05) is 0 Å². The van der Waals surface area contributed by atoms with Crippen LogP contribution in [0.1, 0.15) is 44.4 Å². The minimum absolute atomic E-state index is 0.250. The van der Waals surface area contributed by atoms with Crippen molar-refractivity contribution in [3.63, 3.8) is 0 Å². The molecule has 1 aliphatic carbocycles. The number of halogens is 1. The zero-order valence-corrected chi connectivity index (χ0v) is 12.1. The molecule has 2 aromatic rings. The van der Waals surface area contributed by atoms with Crippen LogP contribution in [0, 0.1) is 5.82 Å². The number of nitrogens with zero attached hydrogens (tertiary/aromatic N) is 3. The highest BCUT2D eigenvalue weighted by Crippen LogP contribution is 2.32. The van der Waals surface area contributed by atoms with Gasteiger partial charge in [-0.3, -0.25) is 0 Å². The number of likely N-dealkylation sites (N-methyl/N-ethyl adjacent to an activating group) is 1. The van der Waals surface area contributed by atoms with E-state index >= 15 is 0 Å². The van der Waals surface area contributed by atoms with Crippen LogP contribution in [-0.2, 0) is 0 Å². The largest absolute Gasteiger partial charge is 0.339 e. The van der Waals surface area contributed by atoms with Gasteiger partial charge in [-0.1, -0.05) is 24.9 Å². The molecule has 21 heavy (non-hydrogen) atoms. The van der Waals surface area contributed by atoms with Crippen molar-refractivity contribution in [2.24, 2.45) is 0 Å². The molecule has 3 rings (SSSR count). The fourth-order valence-electron chi connectivity index (χ4n) is 2.93. The lowest BCUT2D eigenvalue weighted by Crippen LogP contribution is -2.37. The molecule has 0 radical (unpaired) electrons. The van der Waals surface area contributed by atoms with Gasteiger partial charge in [0.2, 0.25) is 11.7 Å². The third-order valence-electron chi connectivity index (χ3n) is 3.95. The van der Waals surface area contributed by atoms with E-state index in [0.717, 1.165) is 25.6 Å².